The maximum atomic E-state index is 10.2. The van der Waals surface area contributed by atoms with Crippen LogP contribution in [0, 0.1) is 0 Å². The number of unbranched alkanes of at least 4 members (excludes halogenated alkanes) is 54. The van der Waals surface area contributed by atoms with E-state index in [1.54, 1.807) is 0 Å². The van der Waals surface area contributed by atoms with Gasteiger partial charge in [0.15, 0.2) is 0 Å². The largest absolute Gasteiger partial charge is 1.00 e. The second kappa shape index (κ2) is 133. The number of rotatable bonds is 72. The van der Waals surface area contributed by atoms with Crippen molar-refractivity contribution in [3.05, 3.63) is 0 Å². The Kier molecular flexibility index (Phi) is 196. The predicted octanol–water partition coefficient (Wildman–Crippen LogP) is -13.6. The number of hydrogen-bond acceptors (Lipinski definition) is 18. The maximum absolute atomic E-state index is 10.2. The van der Waals surface area contributed by atoms with E-state index in [1.165, 1.54) is 270 Å². The summed E-state index contributed by atoms with van der Waals surface area (Å²) in [6.45, 7) is 13.9. The molecule has 0 aromatic heterocycles. The maximum Gasteiger partial charge on any atom is 1.00 e. The van der Waals surface area contributed by atoms with Crippen LogP contribution >= 0.6 is 0 Å². The van der Waals surface area contributed by atoms with Crippen molar-refractivity contribution >= 4 is 62.4 Å². The molecule has 0 rings (SSSR count). The van der Waals surface area contributed by atoms with E-state index < -0.39 is 62.4 Å². The van der Waals surface area contributed by atoms with Gasteiger partial charge in [-0.2, -0.15) is 50.5 Å². The Morgan fingerprint density at radius 1 is 0.132 bits per heavy atom. The molecular formula is C72H156Na12O24S6+12. The minimum atomic E-state index is -4.23. The van der Waals surface area contributed by atoms with Crippen LogP contribution in [-0.4, -0.2) is 117 Å². The Morgan fingerprint density at radius 3 is 0.254 bits per heavy atom. The third-order valence-electron chi connectivity index (χ3n) is 16.4. The molecule has 114 heavy (non-hydrogen) atoms. The van der Waals surface area contributed by atoms with Gasteiger partial charge in [-0.3, -0.25) is 27.3 Å². The summed E-state index contributed by atoms with van der Waals surface area (Å²) >= 11 is 0. The van der Waals surface area contributed by atoms with Crippen LogP contribution in [0.3, 0.4) is 0 Å². The van der Waals surface area contributed by atoms with Crippen molar-refractivity contribution in [3.8, 4) is 0 Å². The van der Waals surface area contributed by atoms with Crippen molar-refractivity contribution in [3.63, 3.8) is 0 Å². The smallest absolute Gasteiger partial charge is 0.264 e. The summed E-state index contributed by atoms with van der Waals surface area (Å²) in [6.07, 6.45) is 71.1. The van der Waals surface area contributed by atoms with Gasteiger partial charge in [0.25, 0.3) is 0 Å². The van der Waals surface area contributed by atoms with Crippen LogP contribution in [0.25, 0.3) is 0 Å². The van der Waals surface area contributed by atoms with Crippen molar-refractivity contribution in [1.82, 2.24) is 0 Å². The molecule has 0 bridgehead atoms. The fraction of sp³-hybridized carbons (Fsp3) is 1.00. The number of hydrogen-bond donors (Lipinski definition) is 6. The van der Waals surface area contributed by atoms with Crippen LogP contribution < -0.4 is 355 Å². The van der Waals surface area contributed by atoms with Crippen LogP contribution in [0.5, 0.6) is 0 Å². The molecule has 0 aliphatic rings. The summed E-state index contributed by atoms with van der Waals surface area (Å²) < 4.78 is 198. The van der Waals surface area contributed by atoms with E-state index in [0.717, 1.165) is 77.0 Å². The molecule has 624 valence electrons. The van der Waals surface area contributed by atoms with Crippen LogP contribution in [0.4, 0.5) is 0 Å². The monoisotopic (exact) mass is 1870 g/mol. The van der Waals surface area contributed by atoms with Gasteiger partial charge in [-0.1, -0.05) is 388 Å². The molecule has 0 aliphatic heterocycles. The fourth-order valence-corrected chi connectivity index (χ4v) is 12.5. The topological polar surface area (TPSA) is 382 Å². The first-order chi connectivity index (χ1) is 48.4. The summed E-state index contributed by atoms with van der Waals surface area (Å²) in [5.74, 6) is 0. The van der Waals surface area contributed by atoms with Crippen molar-refractivity contribution in [2.45, 2.75) is 427 Å². The van der Waals surface area contributed by atoms with Crippen LogP contribution in [0.1, 0.15) is 427 Å². The second-order valence-electron chi connectivity index (χ2n) is 26.6. The molecule has 0 atom stereocenters. The zero-order valence-corrected chi connectivity index (χ0v) is 106. The molecule has 0 aromatic rings. The average Bonchev–Trinajstić information content (AvgIpc) is 1.03. The van der Waals surface area contributed by atoms with Crippen molar-refractivity contribution in [2.75, 3.05) is 39.6 Å². The van der Waals surface area contributed by atoms with Crippen LogP contribution in [-0.2, 0) is 87.5 Å². The summed E-state index contributed by atoms with van der Waals surface area (Å²) in [6, 6.07) is 0. The Balaban J connectivity index is -0.0000000594. The molecule has 0 radical (unpaired) electrons. The second-order valence-corrected chi connectivity index (χ2v) is 33.1. The van der Waals surface area contributed by atoms with E-state index in [2.05, 4.69) is 66.6 Å². The Morgan fingerprint density at radius 2 is 0.193 bits per heavy atom. The summed E-state index contributed by atoms with van der Waals surface area (Å²) in [5, 5.41) is 0. The van der Waals surface area contributed by atoms with Gasteiger partial charge in [0.05, 0.1) is 39.6 Å². The van der Waals surface area contributed by atoms with E-state index >= 15 is 0 Å². The zero-order valence-electron chi connectivity index (χ0n) is 77.2. The molecule has 0 amide bonds. The minimum Gasteiger partial charge on any atom is -0.264 e. The molecular weight excluding hydrogens is 1720 g/mol. The van der Waals surface area contributed by atoms with Gasteiger partial charge in [0, 0.05) is 0 Å². The van der Waals surface area contributed by atoms with E-state index in [9.17, 15) is 50.5 Å². The molecule has 0 saturated heterocycles. The summed E-state index contributed by atoms with van der Waals surface area (Å²) in [7, 11) is -25.4. The SMILES string of the molecule is CCCCCCCCCCCCOS(=O)(=O)O.CCCCCCCCCCCCOS(=O)(=O)O.CCCCCCCCCCCCOS(=O)(=O)O.CCCCCCCCCCCCOS(=O)(=O)O.CCCCCCCCCCCCOS(=O)(=O)O.CCCCCCCCCCCCOS(=O)(=O)O.[Na+].[Na+].[Na+].[Na+].[Na+].[Na+].[Na+].[Na+].[Na+].[Na+].[Na+].[Na+]. The summed E-state index contributed by atoms with van der Waals surface area (Å²) in [4.78, 5) is 0. The molecule has 0 saturated carbocycles. The van der Waals surface area contributed by atoms with Gasteiger partial charge >= 0.3 is 417 Å². The van der Waals surface area contributed by atoms with Crippen molar-refractivity contribution in [1.29, 1.82) is 0 Å². The van der Waals surface area contributed by atoms with Crippen LogP contribution in [0.15, 0.2) is 0 Å². The molecule has 42 heteroatoms. The molecule has 0 heterocycles. The van der Waals surface area contributed by atoms with Crippen molar-refractivity contribution in [2.24, 2.45) is 0 Å². The summed E-state index contributed by atoms with van der Waals surface area (Å²) in [5.41, 5.74) is 0. The van der Waals surface area contributed by atoms with Gasteiger partial charge < -0.3 is 0 Å². The van der Waals surface area contributed by atoms with Gasteiger partial charge in [-0.05, 0) is 38.5 Å². The first-order valence-corrected chi connectivity index (χ1v) is 48.3. The molecule has 0 aromatic carbocycles. The molecule has 0 unspecified atom stereocenters. The van der Waals surface area contributed by atoms with E-state index in [0.29, 0.717) is 38.5 Å². The van der Waals surface area contributed by atoms with Crippen LogP contribution in [0.2, 0.25) is 0 Å². The third-order valence-corrected chi connectivity index (χ3v) is 19.2. The average molecular weight is 1870 g/mol. The Hall–Kier alpha value is 11.2. The van der Waals surface area contributed by atoms with Crippen molar-refractivity contribution < 1.29 is 458 Å². The van der Waals surface area contributed by atoms with Gasteiger partial charge in [0.2, 0.25) is 0 Å². The molecule has 0 spiro atoms. The molecule has 0 aliphatic carbocycles. The Bertz CT molecular complexity index is 1970. The van der Waals surface area contributed by atoms with Gasteiger partial charge in [-0.15, -0.1) is 0 Å². The van der Waals surface area contributed by atoms with E-state index in [1.807, 2.05) is 0 Å². The molecule has 0 fully saturated rings. The third kappa shape index (κ3) is 203. The Labute approximate surface area is 968 Å². The fourth-order valence-electron chi connectivity index (χ4n) is 10.5. The molecule has 24 nitrogen and oxygen atoms in total. The quantitative estimate of drug-likeness (QED) is 0.0187. The minimum absolute atomic E-state index is 0. The first-order valence-electron chi connectivity index (χ1n) is 40.1. The van der Waals surface area contributed by atoms with Gasteiger partial charge in [0.1, 0.15) is 0 Å². The zero-order chi connectivity index (χ0) is 77.9. The molecule has 6 N–H and O–H groups in total. The van der Waals surface area contributed by atoms with E-state index in [-0.39, 0.29) is 394 Å². The normalized spacial score (nSPS) is 10.6. The van der Waals surface area contributed by atoms with Gasteiger partial charge in [-0.25, -0.2) is 25.1 Å². The first kappa shape index (κ1) is 168. The predicted molar refractivity (Wildman–Crippen MR) is 416 cm³/mol. The standard InChI is InChI=1S/6C12H26O4S.12Na/c6*1-2-3-4-5-6-7-8-9-10-11-12-16-17(13,14)15;;;;;;;;;;;;/h6*2-12H2,1H3,(H,13,14,15);;;;;;;;;;;;/q;;;;;;12*+1. The van der Waals surface area contributed by atoms with E-state index in [4.69, 9.17) is 27.3 Å².